The molecule has 2 nitrogen and oxygen atoms in total. The van der Waals surface area contributed by atoms with Crippen molar-refractivity contribution in [3.8, 4) is 0 Å². The van der Waals surface area contributed by atoms with Crippen LogP contribution in [0.15, 0.2) is 177 Å². The summed E-state index contributed by atoms with van der Waals surface area (Å²) in [5.74, 6) is 0. The summed E-state index contributed by atoms with van der Waals surface area (Å²) in [5.41, 5.74) is 8.83. The number of para-hydroxylation sites is 3. The molecule has 0 fully saturated rings. The van der Waals surface area contributed by atoms with Crippen LogP contribution in [0.25, 0.3) is 0 Å². The molecule has 0 aromatic heterocycles. The molecule has 44 heavy (non-hydrogen) atoms. The monoisotopic (exact) mass is 610 g/mol. The Morgan fingerprint density at radius 3 is 2.20 bits per heavy atom. The highest BCUT2D eigenvalue weighted by molar-refractivity contribution is 8.03. The molecule has 0 saturated carbocycles. The van der Waals surface area contributed by atoms with Crippen molar-refractivity contribution >= 4 is 40.6 Å². The Morgan fingerprint density at radius 2 is 1.50 bits per heavy atom. The molecule has 1 aliphatic carbocycles. The Bertz CT molecular complexity index is 1710. The van der Waals surface area contributed by atoms with Gasteiger partial charge in [-0.1, -0.05) is 109 Å². The summed E-state index contributed by atoms with van der Waals surface area (Å²) in [6.45, 7) is 9.74. The van der Waals surface area contributed by atoms with Crippen LogP contribution in [0.5, 0.6) is 0 Å². The molecule has 1 aliphatic heterocycles. The fourth-order valence-corrected chi connectivity index (χ4v) is 7.72. The van der Waals surface area contributed by atoms with Crippen molar-refractivity contribution in [3.05, 3.63) is 172 Å². The van der Waals surface area contributed by atoms with E-state index in [-0.39, 0.29) is 0 Å². The third-order valence-electron chi connectivity index (χ3n) is 7.94. The fraction of sp³-hybridized carbons (Fsp3) is 0.150. The van der Waals surface area contributed by atoms with Crippen LogP contribution < -0.4 is 9.80 Å². The van der Waals surface area contributed by atoms with E-state index in [1.54, 1.807) is 11.8 Å². The molecule has 0 N–H and O–H groups in total. The number of anilines is 3. The van der Waals surface area contributed by atoms with Gasteiger partial charge >= 0.3 is 0 Å². The maximum Gasteiger partial charge on any atom is 0.0801 e. The minimum Gasteiger partial charge on any atom is -0.335 e. The van der Waals surface area contributed by atoms with Gasteiger partial charge in [0, 0.05) is 32.6 Å². The molecule has 0 radical (unpaired) electrons. The van der Waals surface area contributed by atoms with Crippen molar-refractivity contribution in [1.82, 2.24) is 0 Å². The van der Waals surface area contributed by atoms with Gasteiger partial charge in [0.05, 0.1) is 16.4 Å². The summed E-state index contributed by atoms with van der Waals surface area (Å²) >= 11 is 3.60. The molecule has 0 spiro atoms. The largest absolute Gasteiger partial charge is 0.335 e. The van der Waals surface area contributed by atoms with E-state index in [4.69, 9.17) is 0 Å². The molecular weight excluding hydrogens is 573 g/mol. The van der Waals surface area contributed by atoms with Crippen LogP contribution in [0.4, 0.5) is 17.1 Å². The van der Waals surface area contributed by atoms with Crippen molar-refractivity contribution < 1.29 is 0 Å². The topological polar surface area (TPSA) is 6.48 Å². The van der Waals surface area contributed by atoms with E-state index in [0.29, 0.717) is 0 Å². The van der Waals surface area contributed by atoms with E-state index in [0.717, 1.165) is 42.1 Å². The molecule has 0 saturated heterocycles. The number of nitrogens with zero attached hydrogens (tertiary/aromatic N) is 2. The van der Waals surface area contributed by atoms with Gasteiger partial charge in [-0.25, -0.2) is 0 Å². The summed E-state index contributed by atoms with van der Waals surface area (Å²) in [5, 5.41) is 1.28. The lowest BCUT2D eigenvalue weighted by Gasteiger charge is -2.34. The molecule has 6 rings (SSSR count). The standard InChI is InChI=1S/C40H38N2S2/c1-4-41-36-23-12-14-25-38(36)44-39(41)29-28-33-18-15-17-32(27-26-31(3)43-37-24-13-11-16-30(37)2)40(33)42(34-19-7-5-8-20-34)35-21-9-6-10-22-35/h5-14,16,19-29H,3-4,15,17-18H2,1-2H3/b27-26+,33-28+,39-29-. The number of allylic oxidation sites excluding steroid dienone is 6. The molecule has 0 atom stereocenters. The third-order valence-corrected chi connectivity index (χ3v) is 10.1. The summed E-state index contributed by atoms with van der Waals surface area (Å²) < 4.78 is 0. The van der Waals surface area contributed by atoms with Crippen molar-refractivity contribution in [2.24, 2.45) is 0 Å². The van der Waals surface area contributed by atoms with Gasteiger partial charge in [0.2, 0.25) is 0 Å². The van der Waals surface area contributed by atoms with Crippen LogP contribution in [0.2, 0.25) is 0 Å². The predicted octanol–water partition coefficient (Wildman–Crippen LogP) is 11.8. The van der Waals surface area contributed by atoms with Crippen molar-refractivity contribution in [2.45, 2.75) is 42.9 Å². The van der Waals surface area contributed by atoms with E-state index in [2.05, 4.69) is 164 Å². The minimum atomic E-state index is 0.941. The van der Waals surface area contributed by atoms with E-state index >= 15 is 0 Å². The summed E-state index contributed by atoms with van der Waals surface area (Å²) in [6.07, 6.45) is 12.4. The smallest absolute Gasteiger partial charge is 0.0801 e. The second kappa shape index (κ2) is 14.1. The first-order valence-corrected chi connectivity index (χ1v) is 16.9. The molecule has 220 valence electrons. The molecule has 0 bridgehead atoms. The number of aryl methyl sites for hydroxylation is 1. The van der Waals surface area contributed by atoms with Gasteiger partial charge in [-0.2, -0.15) is 0 Å². The van der Waals surface area contributed by atoms with E-state index in [1.165, 1.54) is 42.9 Å². The van der Waals surface area contributed by atoms with E-state index < -0.39 is 0 Å². The first-order chi connectivity index (χ1) is 21.6. The van der Waals surface area contributed by atoms with Gasteiger partial charge in [-0.05, 0) is 104 Å². The fourth-order valence-electron chi connectivity index (χ4n) is 5.80. The van der Waals surface area contributed by atoms with E-state index in [9.17, 15) is 0 Å². The Morgan fingerprint density at radius 1 is 0.841 bits per heavy atom. The van der Waals surface area contributed by atoms with Gasteiger partial charge < -0.3 is 9.80 Å². The number of fused-ring (bicyclic) bond motifs is 1. The lowest BCUT2D eigenvalue weighted by Crippen LogP contribution is -2.22. The van der Waals surface area contributed by atoms with Gasteiger partial charge in [0.15, 0.2) is 0 Å². The average Bonchev–Trinajstić information content (AvgIpc) is 3.43. The van der Waals surface area contributed by atoms with E-state index in [1.807, 2.05) is 11.8 Å². The second-order valence-electron chi connectivity index (χ2n) is 10.9. The summed E-state index contributed by atoms with van der Waals surface area (Å²) in [6, 6.07) is 38.7. The zero-order valence-electron chi connectivity index (χ0n) is 25.4. The number of hydrogen-bond donors (Lipinski definition) is 0. The molecule has 4 heteroatoms. The quantitative estimate of drug-likeness (QED) is 0.137. The first-order valence-electron chi connectivity index (χ1n) is 15.3. The normalized spacial score (nSPS) is 16.6. The molecule has 4 aromatic carbocycles. The molecule has 4 aromatic rings. The molecule has 1 heterocycles. The SMILES string of the molecule is C=C(/C=C/C1=C(N(c2ccccc2)c2ccccc2)C(=C/C=C2\Sc3ccccc3N2CC)/CCC1)Sc1ccccc1C. The summed E-state index contributed by atoms with van der Waals surface area (Å²) in [4.78, 5) is 8.46. The van der Waals surface area contributed by atoms with Crippen LogP contribution in [-0.4, -0.2) is 6.54 Å². The van der Waals surface area contributed by atoms with Gasteiger partial charge in [0.1, 0.15) is 0 Å². The minimum absolute atomic E-state index is 0.941. The lowest BCUT2D eigenvalue weighted by molar-refractivity contribution is 0.767. The highest BCUT2D eigenvalue weighted by atomic mass is 32.2. The van der Waals surface area contributed by atoms with Gasteiger partial charge in [0.25, 0.3) is 0 Å². The zero-order chi connectivity index (χ0) is 30.3. The number of rotatable bonds is 9. The maximum atomic E-state index is 4.41. The predicted molar refractivity (Wildman–Crippen MR) is 193 cm³/mol. The van der Waals surface area contributed by atoms with Crippen LogP contribution in [-0.2, 0) is 0 Å². The second-order valence-corrected chi connectivity index (χ2v) is 13.1. The Hall–Kier alpha value is -4.12. The molecule has 2 aliphatic rings. The molecule has 0 amide bonds. The first kappa shape index (κ1) is 29.9. The zero-order valence-corrected chi connectivity index (χ0v) is 27.1. The summed E-state index contributed by atoms with van der Waals surface area (Å²) in [7, 11) is 0. The Kier molecular flexibility index (Phi) is 9.60. The van der Waals surface area contributed by atoms with Gasteiger partial charge in [-0.3, -0.25) is 0 Å². The highest BCUT2D eigenvalue weighted by Gasteiger charge is 2.26. The molecular formula is C40H38N2S2. The van der Waals surface area contributed by atoms with Gasteiger partial charge in [-0.15, -0.1) is 0 Å². The highest BCUT2D eigenvalue weighted by Crippen LogP contribution is 2.46. The lowest BCUT2D eigenvalue weighted by atomic mass is 9.89. The van der Waals surface area contributed by atoms with Crippen molar-refractivity contribution in [2.75, 3.05) is 16.3 Å². The van der Waals surface area contributed by atoms with Crippen LogP contribution in [0.3, 0.4) is 0 Å². The number of thioether (sulfide) groups is 2. The van der Waals surface area contributed by atoms with Crippen LogP contribution in [0, 0.1) is 6.92 Å². The molecule has 0 unspecified atom stereocenters. The van der Waals surface area contributed by atoms with Crippen molar-refractivity contribution in [1.29, 1.82) is 0 Å². The average molecular weight is 611 g/mol. The Balaban J connectivity index is 1.44. The Labute approximate surface area is 271 Å². The van der Waals surface area contributed by atoms with Crippen molar-refractivity contribution in [3.63, 3.8) is 0 Å². The third kappa shape index (κ3) is 6.67. The number of benzene rings is 4. The van der Waals surface area contributed by atoms with Crippen LogP contribution >= 0.6 is 23.5 Å². The number of hydrogen-bond acceptors (Lipinski definition) is 4. The van der Waals surface area contributed by atoms with Crippen LogP contribution in [0.1, 0.15) is 31.7 Å². The maximum absolute atomic E-state index is 4.41.